The van der Waals surface area contributed by atoms with E-state index in [4.69, 9.17) is 11.6 Å². The van der Waals surface area contributed by atoms with Crippen molar-refractivity contribution in [2.24, 2.45) is 0 Å². The molecule has 0 aliphatic rings. The zero-order valence-corrected chi connectivity index (χ0v) is 14.3. The number of anilines is 1. The SMILES string of the molecule is CN(C)C(=O)c1ccc(Cl)cc1NS(=O)(=O)c1cc(F)cc(F)c1. The Kier molecular flexibility index (Phi) is 5.10. The highest BCUT2D eigenvalue weighted by Gasteiger charge is 2.21. The van der Waals surface area contributed by atoms with Crippen molar-refractivity contribution in [3.8, 4) is 0 Å². The summed E-state index contributed by atoms with van der Waals surface area (Å²) in [6.07, 6.45) is 0. The number of hydrogen-bond donors (Lipinski definition) is 1. The molecule has 0 atom stereocenters. The third-order valence-electron chi connectivity index (χ3n) is 3.01. The molecule has 0 aliphatic heterocycles. The second kappa shape index (κ2) is 6.74. The van der Waals surface area contributed by atoms with Gasteiger partial charge >= 0.3 is 0 Å². The van der Waals surface area contributed by atoms with E-state index in [1.54, 1.807) is 0 Å². The lowest BCUT2D eigenvalue weighted by Crippen LogP contribution is -2.24. The topological polar surface area (TPSA) is 66.5 Å². The average Bonchev–Trinajstić information content (AvgIpc) is 2.45. The Hall–Kier alpha value is -2.19. The van der Waals surface area contributed by atoms with Gasteiger partial charge in [0.1, 0.15) is 11.6 Å². The zero-order chi connectivity index (χ0) is 18.1. The maximum Gasteiger partial charge on any atom is 0.262 e. The van der Waals surface area contributed by atoms with Crippen molar-refractivity contribution in [2.45, 2.75) is 4.90 Å². The second-order valence-corrected chi connectivity index (χ2v) is 7.22. The van der Waals surface area contributed by atoms with Crippen LogP contribution in [-0.2, 0) is 10.0 Å². The minimum Gasteiger partial charge on any atom is -0.345 e. The molecule has 5 nitrogen and oxygen atoms in total. The van der Waals surface area contributed by atoms with Crippen molar-refractivity contribution in [3.05, 3.63) is 58.6 Å². The summed E-state index contributed by atoms with van der Waals surface area (Å²) >= 11 is 5.85. The molecule has 1 N–H and O–H groups in total. The van der Waals surface area contributed by atoms with E-state index >= 15 is 0 Å². The number of sulfonamides is 1. The minimum atomic E-state index is -4.32. The highest BCUT2D eigenvalue weighted by Crippen LogP contribution is 2.25. The fourth-order valence-corrected chi connectivity index (χ4v) is 3.20. The van der Waals surface area contributed by atoms with Crippen LogP contribution in [0.2, 0.25) is 5.02 Å². The number of rotatable bonds is 4. The van der Waals surface area contributed by atoms with Gasteiger partial charge in [-0.05, 0) is 30.3 Å². The van der Waals surface area contributed by atoms with Gasteiger partial charge in [0.05, 0.1) is 16.1 Å². The van der Waals surface area contributed by atoms with Crippen LogP contribution in [0.25, 0.3) is 0 Å². The summed E-state index contributed by atoms with van der Waals surface area (Å²) in [6.45, 7) is 0. The van der Waals surface area contributed by atoms with Crippen molar-refractivity contribution in [3.63, 3.8) is 0 Å². The lowest BCUT2D eigenvalue weighted by atomic mass is 10.1. The minimum absolute atomic E-state index is 0.0462. The van der Waals surface area contributed by atoms with Crippen LogP contribution in [0.4, 0.5) is 14.5 Å². The maximum atomic E-state index is 13.3. The predicted octanol–water partition coefficient (Wildman–Crippen LogP) is 3.12. The van der Waals surface area contributed by atoms with E-state index in [0.717, 1.165) is 0 Å². The molecule has 0 aliphatic carbocycles. The van der Waals surface area contributed by atoms with Crippen LogP contribution in [0.15, 0.2) is 41.3 Å². The molecule has 128 valence electrons. The lowest BCUT2D eigenvalue weighted by molar-refractivity contribution is 0.0828. The van der Waals surface area contributed by atoms with Gasteiger partial charge in [-0.1, -0.05) is 11.6 Å². The quantitative estimate of drug-likeness (QED) is 0.894. The van der Waals surface area contributed by atoms with Gasteiger partial charge in [-0.15, -0.1) is 0 Å². The molecule has 2 aromatic carbocycles. The fraction of sp³-hybridized carbons (Fsp3) is 0.133. The van der Waals surface area contributed by atoms with Crippen LogP contribution < -0.4 is 4.72 Å². The fourth-order valence-electron chi connectivity index (χ4n) is 1.92. The Morgan fingerprint density at radius 1 is 1.08 bits per heavy atom. The van der Waals surface area contributed by atoms with E-state index in [-0.39, 0.29) is 16.3 Å². The first kappa shape index (κ1) is 18.2. The third-order valence-corrected chi connectivity index (χ3v) is 4.59. The highest BCUT2D eigenvalue weighted by atomic mass is 35.5. The number of hydrogen-bond acceptors (Lipinski definition) is 3. The summed E-state index contributed by atoms with van der Waals surface area (Å²) in [5, 5.41) is 0.188. The summed E-state index contributed by atoms with van der Waals surface area (Å²) in [5.74, 6) is -2.54. The predicted molar refractivity (Wildman–Crippen MR) is 86.6 cm³/mol. The smallest absolute Gasteiger partial charge is 0.262 e. The Balaban J connectivity index is 2.50. The van der Waals surface area contributed by atoms with E-state index in [1.165, 1.54) is 37.2 Å². The Morgan fingerprint density at radius 2 is 1.67 bits per heavy atom. The maximum absolute atomic E-state index is 13.3. The molecule has 0 fully saturated rings. The van der Waals surface area contributed by atoms with Crippen molar-refractivity contribution < 1.29 is 22.0 Å². The van der Waals surface area contributed by atoms with E-state index < -0.39 is 32.5 Å². The molecular weight excluding hydrogens is 362 g/mol. The van der Waals surface area contributed by atoms with Gasteiger partial charge in [-0.3, -0.25) is 9.52 Å². The molecule has 0 bridgehead atoms. The Bertz CT molecular complexity index is 881. The van der Waals surface area contributed by atoms with Gasteiger partial charge in [-0.2, -0.15) is 0 Å². The first-order valence-corrected chi connectivity index (χ1v) is 8.46. The summed E-state index contributed by atoms with van der Waals surface area (Å²) in [4.78, 5) is 12.8. The van der Waals surface area contributed by atoms with E-state index in [0.29, 0.717) is 18.2 Å². The third kappa shape index (κ3) is 4.01. The monoisotopic (exact) mass is 374 g/mol. The Morgan fingerprint density at radius 3 is 2.21 bits per heavy atom. The Labute approximate surface area is 142 Å². The van der Waals surface area contributed by atoms with Gasteiger partial charge in [0.2, 0.25) is 0 Å². The molecule has 0 aromatic heterocycles. The molecule has 0 saturated heterocycles. The van der Waals surface area contributed by atoms with Gasteiger partial charge < -0.3 is 4.90 Å². The number of nitrogens with one attached hydrogen (secondary N) is 1. The van der Waals surface area contributed by atoms with E-state index in [1.807, 2.05) is 0 Å². The molecule has 24 heavy (non-hydrogen) atoms. The first-order valence-electron chi connectivity index (χ1n) is 6.60. The largest absolute Gasteiger partial charge is 0.345 e. The van der Waals surface area contributed by atoms with Crippen molar-refractivity contribution >= 4 is 33.2 Å². The normalized spacial score (nSPS) is 11.2. The van der Waals surface area contributed by atoms with Crippen molar-refractivity contribution in [2.75, 3.05) is 18.8 Å². The molecule has 2 rings (SSSR count). The van der Waals surface area contributed by atoms with Crippen LogP contribution in [0.3, 0.4) is 0 Å². The number of carbonyl (C=O) groups is 1. The number of amides is 1. The molecular formula is C15H13ClF2N2O3S. The van der Waals surface area contributed by atoms with Crippen LogP contribution >= 0.6 is 11.6 Å². The van der Waals surface area contributed by atoms with Gasteiger partial charge in [0.25, 0.3) is 15.9 Å². The molecule has 2 aromatic rings. The molecule has 0 heterocycles. The average molecular weight is 375 g/mol. The standard InChI is InChI=1S/C15H13ClF2N2O3S/c1-20(2)15(21)13-4-3-9(16)5-14(13)19-24(22,23)12-7-10(17)6-11(18)8-12/h3-8,19H,1-2H3. The number of benzene rings is 2. The molecule has 0 unspecified atom stereocenters. The summed E-state index contributed by atoms with van der Waals surface area (Å²) in [5.41, 5.74) is -0.0456. The summed E-state index contributed by atoms with van der Waals surface area (Å²) in [7, 11) is -1.32. The molecule has 9 heteroatoms. The second-order valence-electron chi connectivity index (χ2n) is 5.10. The molecule has 0 spiro atoms. The van der Waals surface area contributed by atoms with E-state index in [9.17, 15) is 22.0 Å². The van der Waals surface area contributed by atoms with Crippen LogP contribution in [0.5, 0.6) is 0 Å². The van der Waals surface area contributed by atoms with Gasteiger partial charge in [0, 0.05) is 25.2 Å². The van der Waals surface area contributed by atoms with Crippen molar-refractivity contribution in [1.82, 2.24) is 4.90 Å². The molecule has 0 saturated carbocycles. The highest BCUT2D eigenvalue weighted by molar-refractivity contribution is 7.92. The number of carbonyl (C=O) groups excluding carboxylic acids is 1. The van der Waals surface area contributed by atoms with E-state index in [2.05, 4.69) is 4.72 Å². The summed E-state index contributed by atoms with van der Waals surface area (Å²) in [6, 6.07) is 5.92. The molecule has 0 radical (unpaired) electrons. The van der Waals surface area contributed by atoms with Crippen LogP contribution in [0.1, 0.15) is 10.4 Å². The number of nitrogens with zero attached hydrogens (tertiary/aromatic N) is 1. The van der Waals surface area contributed by atoms with Gasteiger partial charge in [-0.25, -0.2) is 17.2 Å². The molecule has 1 amide bonds. The van der Waals surface area contributed by atoms with Crippen molar-refractivity contribution in [1.29, 1.82) is 0 Å². The van der Waals surface area contributed by atoms with Crippen LogP contribution in [0, 0.1) is 11.6 Å². The first-order chi connectivity index (χ1) is 11.1. The number of halogens is 3. The van der Waals surface area contributed by atoms with Crippen LogP contribution in [-0.4, -0.2) is 33.3 Å². The summed E-state index contributed by atoms with van der Waals surface area (Å²) < 4.78 is 53.4. The lowest BCUT2D eigenvalue weighted by Gasteiger charge is -2.16. The van der Waals surface area contributed by atoms with Gasteiger partial charge in [0.15, 0.2) is 0 Å². The zero-order valence-electron chi connectivity index (χ0n) is 12.7.